The van der Waals surface area contributed by atoms with Gasteiger partial charge in [0.15, 0.2) is 0 Å². The highest BCUT2D eigenvalue weighted by atomic mass is 35.5. The zero-order chi connectivity index (χ0) is 14.1. The summed E-state index contributed by atoms with van der Waals surface area (Å²) in [5, 5.41) is 6.63. The van der Waals surface area contributed by atoms with Crippen LogP contribution >= 0.6 is 24.2 Å². The second kappa shape index (κ2) is 6.99. The zero-order valence-corrected chi connectivity index (χ0v) is 14.5. The van der Waals surface area contributed by atoms with Crippen LogP contribution in [0.2, 0.25) is 0 Å². The molecular formula is C17H23ClN2S. The van der Waals surface area contributed by atoms with Crippen LogP contribution in [0.3, 0.4) is 0 Å². The van der Waals surface area contributed by atoms with Crippen molar-refractivity contribution >= 4 is 35.1 Å². The van der Waals surface area contributed by atoms with Crippen molar-refractivity contribution in [2.75, 3.05) is 13.1 Å². The van der Waals surface area contributed by atoms with Crippen LogP contribution in [0.5, 0.6) is 0 Å². The fraction of sp³-hybridized carbons (Fsp3) is 0.471. The Morgan fingerprint density at radius 1 is 1.05 bits per heavy atom. The van der Waals surface area contributed by atoms with Crippen molar-refractivity contribution in [1.82, 2.24) is 10.3 Å². The standard InChI is InChI=1S/C17H22N2S.ClH/c1-11-8-13(3)17-15(9-11)12(2)10-16(19-17)20-14-4-6-18-7-5-14;/h8-10,14,18H,4-7H2,1-3H3;1H. The van der Waals surface area contributed by atoms with E-state index >= 15 is 0 Å². The zero-order valence-electron chi connectivity index (χ0n) is 12.9. The molecule has 0 atom stereocenters. The minimum atomic E-state index is 0. The van der Waals surface area contributed by atoms with Crippen LogP contribution in [0.25, 0.3) is 10.9 Å². The summed E-state index contributed by atoms with van der Waals surface area (Å²) in [6.07, 6.45) is 2.49. The third-order valence-corrected chi connectivity index (χ3v) is 5.26. The van der Waals surface area contributed by atoms with Crippen molar-refractivity contribution in [2.45, 2.75) is 43.9 Å². The van der Waals surface area contributed by atoms with Gasteiger partial charge < -0.3 is 5.32 Å². The number of halogens is 1. The average molecular weight is 323 g/mol. The molecule has 4 heteroatoms. The van der Waals surface area contributed by atoms with E-state index in [9.17, 15) is 0 Å². The summed E-state index contributed by atoms with van der Waals surface area (Å²) >= 11 is 1.96. The van der Waals surface area contributed by atoms with Gasteiger partial charge in [0.25, 0.3) is 0 Å². The maximum Gasteiger partial charge on any atom is 0.0973 e. The van der Waals surface area contributed by atoms with Gasteiger partial charge in [0.2, 0.25) is 0 Å². The molecule has 114 valence electrons. The summed E-state index contributed by atoms with van der Waals surface area (Å²) < 4.78 is 0. The first-order valence-electron chi connectivity index (χ1n) is 7.39. The number of aryl methyl sites for hydroxylation is 3. The quantitative estimate of drug-likeness (QED) is 0.885. The van der Waals surface area contributed by atoms with Crippen LogP contribution in [-0.4, -0.2) is 23.3 Å². The molecule has 2 aromatic rings. The number of nitrogens with zero attached hydrogens (tertiary/aromatic N) is 1. The molecular weight excluding hydrogens is 300 g/mol. The largest absolute Gasteiger partial charge is 0.317 e. The summed E-state index contributed by atoms with van der Waals surface area (Å²) in [5.41, 5.74) is 5.12. The number of nitrogens with one attached hydrogen (secondary N) is 1. The molecule has 1 aliphatic rings. The maximum absolute atomic E-state index is 4.91. The lowest BCUT2D eigenvalue weighted by atomic mass is 10.0. The molecule has 2 nitrogen and oxygen atoms in total. The lowest BCUT2D eigenvalue weighted by molar-refractivity contribution is 0.531. The Kier molecular flexibility index (Phi) is 5.53. The number of hydrogen-bond donors (Lipinski definition) is 1. The van der Waals surface area contributed by atoms with Crippen LogP contribution in [0, 0.1) is 20.8 Å². The van der Waals surface area contributed by atoms with Crippen molar-refractivity contribution in [3.05, 3.63) is 34.9 Å². The van der Waals surface area contributed by atoms with E-state index in [1.54, 1.807) is 0 Å². The second-order valence-electron chi connectivity index (χ2n) is 5.82. The molecule has 21 heavy (non-hydrogen) atoms. The number of fused-ring (bicyclic) bond motifs is 1. The molecule has 0 bridgehead atoms. The van der Waals surface area contributed by atoms with E-state index in [-0.39, 0.29) is 12.4 Å². The van der Waals surface area contributed by atoms with Crippen molar-refractivity contribution in [3.63, 3.8) is 0 Å². The van der Waals surface area contributed by atoms with Gasteiger partial charge in [-0.2, -0.15) is 0 Å². The van der Waals surface area contributed by atoms with Crippen LogP contribution in [0.15, 0.2) is 23.2 Å². The van der Waals surface area contributed by atoms with E-state index in [0.29, 0.717) is 5.25 Å². The lowest BCUT2D eigenvalue weighted by Gasteiger charge is -2.22. The summed E-state index contributed by atoms with van der Waals surface area (Å²) in [4.78, 5) is 4.91. The number of benzene rings is 1. The van der Waals surface area contributed by atoms with E-state index in [4.69, 9.17) is 4.98 Å². The normalized spacial score (nSPS) is 16.0. The van der Waals surface area contributed by atoms with Gasteiger partial charge in [0.05, 0.1) is 10.5 Å². The van der Waals surface area contributed by atoms with Crippen LogP contribution in [0.1, 0.15) is 29.5 Å². The summed E-state index contributed by atoms with van der Waals surface area (Å²) in [5.74, 6) is 0. The number of aromatic nitrogens is 1. The molecule has 1 aromatic carbocycles. The van der Waals surface area contributed by atoms with Gasteiger partial charge in [0, 0.05) is 10.6 Å². The van der Waals surface area contributed by atoms with Gasteiger partial charge in [-0.15, -0.1) is 24.2 Å². The summed E-state index contributed by atoms with van der Waals surface area (Å²) in [6, 6.07) is 6.74. The molecule has 0 unspecified atom stereocenters. The monoisotopic (exact) mass is 322 g/mol. The molecule has 0 aliphatic carbocycles. The molecule has 1 aliphatic heterocycles. The van der Waals surface area contributed by atoms with Gasteiger partial charge in [0.1, 0.15) is 0 Å². The van der Waals surface area contributed by atoms with Crippen molar-refractivity contribution < 1.29 is 0 Å². The average Bonchev–Trinajstić information content (AvgIpc) is 2.41. The van der Waals surface area contributed by atoms with E-state index in [0.717, 1.165) is 13.1 Å². The van der Waals surface area contributed by atoms with Crippen molar-refractivity contribution in [3.8, 4) is 0 Å². The Bertz CT molecular complexity index is 636. The fourth-order valence-corrected chi connectivity index (χ4v) is 4.16. The highest BCUT2D eigenvalue weighted by molar-refractivity contribution is 7.99. The Labute approximate surface area is 137 Å². The predicted octanol–water partition coefficient (Wildman–Crippen LogP) is 4.43. The molecule has 3 rings (SSSR count). The summed E-state index contributed by atoms with van der Waals surface area (Å²) in [7, 11) is 0. The van der Waals surface area contributed by atoms with Gasteiger partial charge in [-0.05, 0) is 70.0 Å². The predicted molar refractivity (Wildman–Crippen MR) is 95.0 cm³/mol. The van der Waals surface area contributed by atoms with Gasteiger partial charge >= 0.3 is 0 Å². The van der Waals surface area contributed by atoms with Crippen molar-refractivity contribution in [1.29, 1.82) is 0 Å². The second-order valence-corrected chi connectivity index (χ2v) is 7.14. The number of hydrogen-bond acceptors (Lipinski definition) is 3. The highest BCUT2D eigenvalue weighted by Gasteiger charge is 2.16. The molecule has 1 fully saturated rings. The third-order valence-electron chi connectivity index (χ3n) is 4.01. The first-order chi connectivity index (χ1) is 9.63. The Morgan fingerprint density at radius 2 is 1.76 bits per heavy atom. The van der Waals surface area contributed by atoms with Gasteiger partial charge in [-0.1, -0.05) is 11.6 Å². The Hall–Kier alpha value is -0.770. The summed E-state index contributed by atoms with van der Waals surface area (Å²) in [6.45, 7) is 8.81. The van der Waals surface area contributed by atoms with Crippen LogP contribution < -0.4 is 5.32 Å². The van der Waals surface area contributed by atoms with Crippen molar-refractivity contribution in [2.24, 2.45) is 0 Å². The van der Waals surface area contributed by atoms with Gasteiger partial charge in [-0.25, -0.2) is 4.98 Å². The number of piperidine rings is 1. The molecule has 0 spiro atoms. The molecule has 1 N–H and O–H groups in total. The maximum atomic E-state index is 4.91. The van der Waals surface area contributed by atoms with E-state index < -0.39 is 0 Å². The Morgan fingerprint density at radius 3 is 2.48 bits per heavy atom. The lowest BCUT2D eigenvalue weighted by Crippen LogP contribution is -2.29. The number of thioether (sulfide) groups is 1. The molecule has 2 heterocycles. The first kappa shape index (κ1) is 16.6. The van der Waals surface area contributed by atoms with Gasteiger partial charge in [-0.3, -0.25) is 0 Å². The molecule has 0 saturated carbocycles. The van der Waals surface area contributed by atoms with Crippen LogP contribution in [-0.2, 0) is 0 Å². The fourth-order valence-electron chi connectivity index (χ4n) is 2.96. The highest BCUT2D eigenvalue weighted by Crippen LogP contribution is 2.31. The third kappa shape index (κ3) is 3.71. The topological polar surface area (TPSA) is 24.9 Å². The van der Waals surface area contributed by atoms with E-state index in [2.05, 4.69) is 44.3 Å². The molecule has 0 radical (unpaired) electrons. The van der Waals surface area contributed by atoms with Crippen LogP contribution in [0.4, 0.5) is 0 Å². The van der Waals surface area contributed by atoms with E-state index in [1.165, 1.54) is 45.5 Å². The molecule has 1 aromatic heterocycles. The number of pyridine rings is 1. The molecule has 0 amide bonds. The molecule has 1 saturated heterocycles. The SMILES string of the molecule is Cc1cc(C)c2nc(SC3CCNCC3)cc(C)c2c1.Cl. The Balaban J connectivity index is 0.00000161. The minimum absolute atomic E-state index is 0. The first-order valence-corrected chi connectivity index (χ1v) is 8.27. The smallest absolute Gasteiger partial charge is 0.0973 e. The number of rotatable bonds is 2. The van der Waals surface area contributed by atoms with E-state index in [1.807, 2.05) is 11.8 Å². The minimum Gasteiger partial charge on any atom is -0.317 e.